The molecule has 0 atom stereocenters. The molecule has 0 aromatic heterocycles. The summed E-state index contributed by atoms with van der Waals surface area (Å²) in [5.41, 5.74) is 0.546. The van der Waals surface area contributed by atoms with E-state index in [0.717, 1.165) is 0 Å². The maximum absolute atomic E-state index is 10.5. The van der Waals surface area contributed by atoms with Gasteiger partial charge in [-0.2, -0.15) is 0 Å². The minimum Gasteiger partial charge on any atom is -0.508 e. The summed E-state index contributed by atoms with van der Waals surface area (Å²) in [5, 5.41) is 17.7. The third-order valence-corrected chi connectivity index (χ3v) is 1.82. The van der Waals surface area contributed by atoms with E-state index in [9.17, 15) is 14.4 Å². The molecule has 1 rings (SSSR count). The Bertz CT molecular complexity index is 452. The maximum Gasteiger partial charge on any atom is 0.336 e. The average Bonchev–Trinajstić information content (AvgIpc) is 2.20. The summed E-state index contributed by atoms with van der Waals surface area (Å²) in [6, 6.07) is 4.42. The van der Waals surface area contributed by atoms with E-state index in [1.54, 1.807) is 6.92 Å². The normalized spacial score (nSPS) is 8.83. The van der Waals surface area contributed by atoms with Crippen molar-refractivity contribution in [1.29, 1.82) is 0 Å². The lowest BCUT2D eigenvalue weighted by Crippen LogP contribution is -2.03. The molecule has 0 aliphatic rings. The van der Waals surface area contributed by atoms with Gasteiger partial charge >= 0.3 is 17.9 Å². The van der Waals surface area contributed by atoms with Crippen molar-refractivity contribution in [3.63, 3.8) is 0 Å². The Morgan fingerprint density at radius 3 is 1.89 bits per heavy atom. The van der Waals surface area contributed by atoms with Gasteiger partial charge in [0.15, 0.2) is 0 Å². The molecule has 6 heteroatoms. The average molecular weight is 254 g/mol. The molecular formula is C12H14O6. The number of carbonyl (C=O) groups excluding carboxylic acids is 2. The second-order valence-electron chi connectivity index (χ2n) is 3.34. The monoisotopic (exact) mass is 254 g/mol. The highest BCUT2D eigenvalue weighted by Gasteiger charge is 2.08. The molecule has 1 aromatic rings. The zero-order valence-electron chi connectivity index (χ0n) is 10.3. The number of carbonyl (C=O) groups is 3. The minimum atomic E-state index is -1.02. The van der Waals surface area contributed by atoms with Gasteiger partial charge < -0.3 is 14.9 Å². The molecule has 0 heterocycles. The number of rotatable bonds is 1. The van der Waals surface area contributed by atoms with Crippen LogP contribution in [-0.2, 0) is 14.3 Å². The van der Waals surface area contributed by atoms with Crippen molar-refractivity contribution in [1.82, 2.24) is 0 Å². The highest BCUT2D eigenvalue weighted by atomic mass is 16.6. The first-order valence-electron chi connectivity index (χ1n) is 4.96. The van der Waals surface area contributed by atoms with Crippen molar-refractivity contribution >= 4 is 17.9 Å². The molecule has 2 N–H and O–H groups in total. The molecule has 1 aromatic carbocycles. The predicted octanol–water partition coefficient (Wildman–Crippen LogP) is 1.49. The van der Waals surface area contributed by atoms with Crippen LogP contribution in [0.1, 0.15) is 29.8 Å². The number of phenolic OH excluding ortho intramolecular Hbond substituents is 1. The van der Waals surface area contributed by atoms with Gasteiger partial charge in [0.05, 0.1) is 5.56 Å². The Hall–Kier alpha value is -2.37. The summed E-state index contributed by atoms with van der Waals surface area (Å²) in [6.45, 7) is 3.93. The molecule has 0 aliphatic heterocycles. The Morgan fingerprint density at radius 1 is 1.11 bits per heavy atom. The van der Waals surface area contributed by atoms with Crippen LogP contribution < -0.4 is 0 Å². The number of aromatic hydroxyl groups is 1. The number of phenols is 1. The third kappa shape index (κ3) is 5.64. The number of benzene rings is 1. The number of esters is 2. The lowest BCUT2D eigenvalue weighted by Gasteiger charge is -2.00. The van der Waals surface area contributed by atoms with E-state index >= 15 is 0 Å². The van der Waals surface area contributed by atoms with E-state index in [1.165, 1.54) is 32.0 Å². The second-order valence-corrected chi connectivity index (χ2v) is 3.34. The van der Waals surface area contributed by atoms with E-state index in [1.807, 2.05) is 0 Å². The number of carboxylic acid groups (broad SMARTS) is 1. The van der Waals surface area contributed by atoms with Crippen LogP contribution in [0.2, 0.25) is 0 Å². The van der Waals surface area contributed by atoms with Gasteiger partial charge in [-0.25, -0.2) is 4.79 Å². The van der Waals surface area contributed by atoms with Crippen molar-refractivity contribution in [2.45, 2.75) is 20.8 Å². The fraction of sp³-hybridized carbons (Fsp3) is 0.250. The highest BCUT2D eigenvalue weighted by molar-refractivity contribution is 5.90. The standard InChI is InChI=1S/C8H8O3.C4H6O3/c1-5-6(8(10)11)3-2-4-7(5)9;1-3(5)7-4(2)6/h2-4,9H,1H3,(H,10,11);1-2H3. The number of hydrogen-bond donors (Lipinski definition) is 2. The van der Waals surface area contributed by atoms with Crippen LogP contribution >= 0.6 is 0 Å². The molecule has 6 nitrogen and oxygen atoms in total. The molecular weight excluding hydrogens is 240 g/mol. The van der Waals surface area contributed by atoms with Gasteiger partial charge in [0.1, 0.15) is 5.75 Å². The van der Waals surface area contributed by atoms with Crippen LogP contribution in [0.5, 0.6) is 5.75 Å². The van der Waals surface area contributed by atoms with Crippen LogP contribution in [0.25, 0.3) is 0 Å². The van der Waals surface area contributed by atoms with Crippen LogP contribution in [0.3, 0.4) is 0 Å². The quantitative estimate of drug-likeness (QED) is 0.581. The predicted molar refractivity (Wildman–Crippen MR) is 62.3 cm³/mol. The van der Waals surface area contributed by atoms with E-state index in [2.05, 4.69) is 4.74 Å². The zero-order valence-corrected chi connectivity index (χ0v) is 10.3. The lowest BCUT2D eigenvalue weighted by molar-refractivity contribution is -0.156. The molecule has 18 heavy (non-hydrogen) atoms. The van der Waals surface area contributed by atoms with Gasteiger partial charge in [-0.15, -0.1) is 0 Å². The number of hydrogen-bond acceptors (Lipinski definition) is 5. The van der Waals surface area contributed by atoms with Gasteiger partial charge in [-0.1, -0.05) is 6.07 Å². The first-order valence-corrected chi connectivity index (χ1v) is 4.96. The molecule has 0 saturated heterocycles. The van der Waals surface area contributed by atoms with Crippen molar-refractivity contribution in [2.75, 3.05) is 0 Å². The molecule has 0 unspecified atom stereocenters. The largest absolute Gasteiger partial charge is 0.508 e. The van der Waals surface area contributed by atoms with Crippen LogP contribution in [-0.4, -0.2) is 28.1 Å². The Morgan fingerprint density at radius 2 is 1.61 bits per heavy atom. The summed E-state index contributed by atoms with van der Waals surface area (Å²) in [6.07, 6.45) is 0. The number of carboxylic acids is 1. The van der Waals surface area contributed by atoms with Crippen molar-refractivity contribution < 1.29 is 29.3 Å². The van der Waals surface area contributed by atoms with E-state index in [4.69, 9.17) is 10.2 Å². The zero-order chi connectivity index (χ0) is 14.3. The van der Waals surface area contributed by atoms with Crippen molar-refractivity contribution in [3.05, 3.63) is 29.3 Å². The number of aromatic carboxylic acids is 1. The Kier molecular flexibility index (Phi) is 6.12. The molecule has 0 amide bonds. The van der Waals surface area contributed by atoms with Crippen molar-refractivity contribution in [3.8, 4) is 5.75 Å². The van der Waals surface area contributed by atoms with Gasteiger partial charge in [0.2, 0.25) is 0 Å². The topological polar surface area (TPSA) is 101 Å². The minimum absolute atomic E-state index is 0.0184. The SMILES string of the molecule is CC(=O)OC(C)=O.Cc1c(O)cccc1C(=O)O. The molecule has 0 bridgehead atoms. The summed E-state index contributed by atoms with van der Waals surface area (Å²) < 4.78 is 3.97. The van der Waals surface area contributed by atoms with E-state index < -0.39 is 17.9 Å². The summed E-state index contributed by atoms with van der Waals surface area (Å²) in [5.74, 6) is -2.12. The molecule has 0 aliphatic carbocycles. The fourth-order valence-electron chi connectivity index (χ4n) is 1.06. The summed E-state index contributed by atoms with van der Waals surface area (Å²) in [4.78, 5) is 30.1. The maximum atomic E-state index is 10.5. The van der Waals surface area contributed by atoms with E-state index in [0.29, 0.717) is 5.56 Å². The highest BCUT2D eigenvalue weighted by Crippen LogP contribution is 2.18. The van der Waals surface area contributed by atoms with Crippen LogP contribution in [0, 0.1) is 6.92 Å². The first kappa shape index (κ1) is 15.6. The fourth-order valence-corrected chi connectivity index (χ4v) is 1.06. The second kappa shape index (κ2) is 7.05. The summed E-state index contributed by atoms with van der Waals surface area (Å²) in [7, 11) is 0. The van der Waals surface area contributed by atoms with Gasteiger partial charge in [0.25, 0.3) is 0 Å². The number of ether oxygens (including phenoxy) is 1. The van der Waals surface area contributed by atoms with E-state index in [-0.39, 0.29) is 11.3 Å². The molecule has 0 fully saturated rings. The third-order valence-electron chi connectivity index (χ3n) is 1.82. The Balaban J connectivity index is 0.000000360. The lowest BCUT2D eigenvalue weighted by atomic mass is 10.1. The van der Waals surface area contributed by atoms with Gasteiger partial charge in [-0.05, 0) is 19.1 Å². The van der Waals surface area contributed by atoms with Crippen LogP contribution in [0.15, 0.2) is 18.2 Å². The Labute approximate surface area is 104 Å². The first-order chi connectivity index (χ1) is 8.25. The molecule has 98 valence electrons. The van der Waals surface area contributed by atoms with Crippen molar-refractivity contribution in [2.24, 2.45) is 0 Å². The molecule has 0 saturated carbocycles. The smallest absolute Gasteiger partial charge is 0.336 e. The molecule has 0 spiro atoms. The van der Waals surface area contributed by atoms with Gasteiger partial charge in [-0.3, -0.25) is 9.59 Å². The molecule has 0 radical (unpaired) electrons. The van der Waals surface area contributed by atoms with Crippen LogP contribution in [0.4, 0.5) is 0 Å². The summed E-state index contributed by atoms with van der Waals surface area (Å²) >= 11 is 0. The van der Waals surface area contributed by atoms with Gasteiger partial charge in [0, 0.05) is 19.4 Å².